The largest absolute Gasteiger partial charge is 0.289 e. The van der Waals surface area contributed by atoms with Crippen LogP contribution in [-0.2, 0) is 6.54 Å². The number of hydrogen-bond acceptors (Lipinski definition) is 3. The molecule has 0 aliphatic carbocycles. The molecule has 2 rings (SSSR count). The van der Waals surface area contributed by atoms with E-state index in [0.717, 1.165) is 21.6 Å². The Labute approximate surface area is 118 Å². The molecule has 2 aromatic heterocycles. The number of aryl methyl sites for hydroxylation is 2. The molecule has 0 fully saturated rings. The predicted octanol–water partition coefficient (Wildman–Crippen LogP) is 3.93. The van der Waals surface area contributed by atoms with E-state index in [9.17, 15) is 4.79 Å². The summed E-state index contributed by atoms with van der Waals surface area (Å²) in [7, 11) is 0. The number of rotatable bonds is 4. The van der Waals surface area contributed by atoms with Gasteiger partial charge in [-0.1, -0.05) is 0 Å². The lowest BCUT2D eigenvalue weighted by Gasteiger charge is -1.90. The van der Waals surface area contributed by atoms with Gasteiger partial charge in [0.05, 0.1) is 11.3 Å². The van der Waals surface area contributed by atoms with Gasteiger partial charge in [-0.15, -0.1) is 11.3 Å². The van der Waals surface area contributed by atoms with Crippen molar-refractivity contribution in [2.24, 2.45) is 0 Å². The first-order valence-electron chi connectivity index (χ1n) is 5.60. The highest BCUT2D eigenvalue weighted by molar-refractivity contribution is 9.10. The van der Waals surface area contributed by atoms with Crippen LogP contribution in [0.3, 0.4) is 0 Å². The summed E-state index contributed by atoms with van der Waals surface area (Å²) < 4.78 is 2.81. The number of thiophene rings is 1. The van der Waals surface area contributed by atoms with E-state index in [1.165, 1.54) is 0 Å². The van der Waals surface area contributed by atoms with Gasteiger partial charge in [-0.2, -0.15) is 5.10 Å². The topological polar surface area (TPSA) is 34.9 Å². The molecule has 18 heavy (non-hydrogen) atoms. The molecule has 0 aliphatic heterocycles. The monoisotopic (exact) mass is 324 g/mol. The quantitative estimate of drug-likeness (QED) is 0.630. The molecule has 2 heterocycles. The maximum Gasteiger partial charge on any atom is 0.189 e. The van der Waals surface area contributed by atoms with Gasteiger partial charge >= 0.3 is 0 Å². The Morgan fingerprint density at radius 2 is 2.39 bits per heavy atom. The van der Waals surface area contributed by atoms with E-state index >= 15 is 0 Å². The van der Waals surface area contributed by atoms with E-state index in [-0.39, 0.29) is 5.78 Å². The number of allylic oxidation sites excluding steroid dienone is 1. The lowest BCUT2D eigenvalue weighted by molar-refractivity contribution is 0.104. The minimum absolute atomic E-state index is 0.00303. The van der Waals surface area contributed by atoms with E-state index < -0.39 is 0 Å². The van der Waals surface area contributed by atoms with Crippen molar-refractivity contribution in [1.29, 1.82) is 0 Å². The van der Waals surface area contributed by atoms with Crippen LogP contribution in [0.2, 0.25) is 0 Å². The van der Waals surface area contributed by atoms with Gasteiger partial charge in [-0.3, -0.25) is 9.48 Å². The van der Waals surface area contributed by atoms with Gasteiger partial charge in [0.15, 0.2) is 5.78 Å². The minimum Gasteiger partial charge on any atom is -0.289 e. The number of nitrogens with zero attached hydrogens (tertiary/aromatic N) is 2. The molecule has 2 aromatic rings. The highest BCUT2D eigenvalue weighted by atomic mass is 79.9. The van der Waals surface area contributed by atoms with Crippen LogP contribution >= 0.6 is 27.3 Å². The number of hydrogen-bond donors (Lipinski definition) is 0. The smallest absolute Gasteiger partial charge is 0.189 e. The fourth-order valence-electron chi connectivity index (χ4n) is 1.59. The van der Waals surface area contributed by atoms with Crippen molar-refractivity contribution >= 4 is 39.1 Å². The third-order valence-electron chi connectivity index (χ3n) is 2.52. The molecule has 0 saturated carbocycles. The number of aromatic nitrogens is 2. The van der Waals surface area contributed by atoms with Crippen molar-refractivity contribution < 1.29 is 4.79 Å². The Morgan fingerprint density at radius 1 is 1.61 bits per heavy atom. The van der Waals surface area contributed by atoms with Crippen LogP contribution in [0.15, 0.2) is 28.2 Å². The van der Waals surface area contributed by atoms with Gasteiger partial charge in [0, 0.05) is 27.5 Å². The lowest BCUT2D eigenvalue weighted by Crippen LogP contribution is -1.94. The number of ketones is 1. The van der Waals surface area contributed by atoms with Crippen LogP contribution in [-0.4, -0.2) is 15.6 Å². The Bertz CT molecular complexity index is 598. The van der Waals surface area contributed by atoms with E-state index in [1.54, 1.807) is 28.3 Å². The molecule has 0 spiro atoms. The summed E-state index contributed by atoms with van der Waals surface area (Å²) >= 11 is 4.98. The van der Waals surface area contributed by atoms with E-state index in [0.29, 0.717) is 5.56 Å². The number of carbonyl (C=O) groups excluding carboxylic acids is 1. The number of carbonyl (C=O) groups is 1. The fraction of sp³-hybridized carbons (Fsp3) is 0.231. The van der Waals surface area contributed by atoms with Crippen molar-refractivity contribution in [1.82, 2.24) is 9.78 Å². The maximum atomic E-state index is 12.0. The molecule has 0 amide bonds. The Kier molecular flexibility index (Phi) is 4.14. The molecule has 3 nitrogen and oxygen atoms in total. The molecule has 94 valence electrons. The van der Waals surface area contributed by atoms with Crippen LogP contribution in [0, 0.1) is 6.92 Å². The minimum atomic E-state index is -0.00303. The van der Waals surface area contributed by atoms with E-state index in [4.69, 9.17) is 0 Å². The third-order valence-corrected chi connectivity index (χ3v) is 4.18. The fourth-order valence-corrected chi connectivity index (χ4v) is 2.92. The summed E-state index contributed by atoms with van der Waals surface area (Å²) in [6.07, 6.45) is 5.23. The zero-order valence-electron chi connectivity index (χ0n) is 10.2. The van der Waals surface area contributed by atoms with E-state index in [2.05, 4.69) is 21.0 Å². The molecule has 0 saturated heterocycles. The zero-order chi connectivity index (χ0) is 13.1. The standard InChI is InChI=1S/C13H13BrN2OS/c1-3-16-7-12(9(2)15-16)13(17)5-4-11-6-10(14)8-18-11/h4-8H,3H2,1-2H3/b5-4+. The number of halogens is 1. The summed E-state index contributed by atoms with van der Waals surface area (Å²) in [6, 6.07) is 1.98. The summed E-state index contributed by atoms with van der Waals surface area (Å²) in [5.74, 6) is -0.00303. The Morgan fingerprint density at radius 3 is 2.94 bits per heavy atom. The summed E-state index contributed by atoms with van der Waals surface area (Å²) in [6.45, 7) is 4.63. The molecule has 0 aromatic carbocycles. The molecule has 5 heteroatoms. The second-order valence-corrected chi connectivity index (χ2v) is 5.71. The first kappa shape index (κ1) is 13.2. The second kappa shape index (κ2) is 5.63. The third kappa shape index (κ3) is 2.97. The van der Waals surface area contributed by atoms with Crippen molar-refractivity contribution in [3.05, 3.63) is 44.3 Å². The summed E-state index contributed by atoms with van der Waals surface area (Å²) in [5, 5.41) is 6.26. The molecule has 0 bridgehead atoms. The summed E-state index contributed by atoms with van der Waals surface area (Å²) in [5.41, 5.74) is 1.45. The average molecular weight is 325 g/mol. The van der Waals surface area contributed by atoms with Gasteiger partial charge in [0.25, 0.3) is 0 Å². The van der Waals surface area contributed by atoms with Crippen LogP contribution in [0.25, 0.3) is 6.08 Å². The highest BCUT2D eigenvalue weighted by Gasteiger charge is 2.10. The molecule has 0 aliphatic rings. The van der Waals surface area contributed by atoms with Crippen LogP contribution < -0.4 is 0 Å². The molecule has 0 unspecified atom stereocenters. The van der Waals surface area contributed by atoms with Gasteiger partial charge in [-0.25, -0.2) is 0 Å². The van der Waals surface area contributed by atoms with Crippen molar-refractivity contribution in [3.8, 4) is 0 Å². The normalized spacial score (nSPS) is 11.3. The maximum absolute atomic E-state index is 12.0. The van der Waals surface area contributed by atoms with Gasteiger partial charge in [0.1, 0.15) is 0 Å². The average Bonchev–Trinajstić information content (AvgIpc) is 2.92. The van der Waals surface area contributed by atoms with Crippen molar-refractivity contribution in [2.75, 3.05) is 0 Å². The van der Waals surface area contributed by atoms with Crippen LogP contribution in [0.5, 0.6) is 0 Å². The van der Waals surface area contributed by atoms with Crippen molar-refractivity contribution in [2.45, 2.75) is 20.4 Å². The van der Waals surface area contributed by atoms with Crippen LogP contribution in [0.4, 0.5) is 0 Å². The SMILES string of the molecule is CCn1cc(C(=O)/C=C/c2cc(Br)cs2)c(C)n1. The Balaban J connectivity index is 2.16. The molecule has 0 atom stereocenters. The summed E-state index contributed by atoms with van der Waals surface area (Å²) in [4.78, 5) is 13.1. The molecular weight excluding hydrogens is 312 g/mol. The lowest BCUT2D eigenvalue weighted by atomic mass is 10.1. The highest BCUT2D eigenvalue weighted by Crippen LogP contribution is 2.21. The van der Waals surface area contributed by atoms with Gasteiger partial charge in [0.2, 0.25) is 0 Å². The van der Waals surface area contributed by atoms with Crippen LogP contribution in [0.1, 0.15) is 27.9 Å². The predicted molar refractivity (Wildman–Crippen MR) is 78.0 cm³/mol. The Hall–Kier alpha value is -1.20. The molecule has 0 N–H and O–H groups in total. The zero-order valence-corrected chi connectivity index (χ0v) is 12.6. The molecule has 0 radical (unpaired) electrons. The van der Waals surface area contributed by atoms with Gasteiger partial charge in [-0.05, 0) is 48.0 Å². The first-order chi connectivity index (χ1) is 8.60. The van der Waals surface area contributed by atoms with Gasteiger partial charge < -0.3 is 0 Å². The van der Waals surface area contributed by atoms with E-state index in [1.807, 2.05) is 31.4 Å². The first-order valence-corrected chi connectivity index (χ1v) is 7.28. The second-order valence-electron chi connectivity index (χ2n) is 3.85. The van der Waals surface area contributed by atoms with Crippen molar-refractivity contribution in [3.63, 3.8) is 0 Å². The molecular formula is C13H13BrN2OS.